The van der Waals surface area contributed by atoms with Crippen molar-refractivity contribution < 1.29 is 4.79 Å². The van der Waals surface area contributed by atoms with E-state index >= 15 is 0 Å². The zero-order valence-corrected chi connectivity index (χ0v) is 12.8. The SMILES string of the molecule is C[C@H](N)C(=O)Nc1ccc(CCn2cc(Br)cn2)cc1. The number of nitrogens with one attached hydrogen (secondary N) is 1. The second-order valence-electron chi connectivity index (χ2n) is 4.65. The van der Waals surface area contributed by atoms with E-state index in [9.17, 15) is 4.79 Å². The molecule has 0 aliphatic rings. The van der Waals surface area contributed by atoms with E-state index in [-0.39, 0.29) is 5.91 Å². The molecule has 0 unspecified atom stereocenters. The third-order valence-electron chi connectivity index (χ3n) is 2.87. The molecule has 0 saturated carbocycles. The Bertz CT molecular complexity index is 577. The first-order valence-corrected chi connectivity index (χ1v) is 7.17. The van der Waals surface area contributed by atoms with Crippen molar-refractivity contribution in [2.24, 2.45) is 5.73 Å². The zero-order valence-electron chi connectivity index (χ0n) is 11.2. The van der Waals surface area contributed by atoms with E-state index in [1.807, 2.05) is 35.1 Å². The van der Waals surface area contributed by atoms with Crippen LogP contribution in [0.25, 0.3) is 0 Å². The van der Waals surface area contributed by atoms with E-state index in [1.165, 1.54) is 5.56 Å². The van der Waals surface area contributed by atoms with Crippen molar-refractivity contribution in [2.75, 3.05) is 5.32 Å². The number of aromatic nitrogens is 2. The lowest BCUT2D eigenvalue weighted by molar-refractivity contribution is -0.117. The normalized spacial score (nSPS) is 12.2. The molecule has 0 aliphatic heterocycles. The quantitative estimate of drug-likeness (QED) is 0.878. The number of hydrogen-bond donors (Lipinski definition) is 2. The molecule has 5 nitrogen and oxygen atoms in total. The lowest BCUT2D eigenvalue weighted by atomic mass is 10.1. The standard InChI is InChI=1S/C14H17BrN4O/c1-10(16)14(20)18-13-4-2-11(3-5-13)6-7-19-9-12(15)8-17-19/h2-5,8-10H,6-7,16H2,1H3,(H,18,20)/t10-/m0/s1. The van der Waals surface area contributed by atoms with Crippen molar-refractivity contribution in [3.8, 4) is 0 Å². The predicted molar refractivity (Wildman–Crippen MR) is 82.4 cm³/mol. The molecule has 0 aliphatic carbocycles. The maximum atomic E-state index is 11.5. The molecule has 1 heterocycles. The number of rotatable bonds is 5. The van der Waals surface area contributed by atoms with Crippen LogP contribution in [0.2, 0.25) is 0 Å². The number of anilines is 1. The number of halogens is 1. The fourth-order valence-electron chi connectivity index (χ4n) is 1.72. The number of nitrogens with two attached hydrogens (primary N) is 1. The van der Waals surface area contributed by atoms with Gasteiger partial charge in [0.05, 0.1) is 16.7 Å². The van der Waals surface area contributed by atoms with E-state index in [1.54, 1.807) is 13.1 Å². The van der Waals surface area contributed by atoms with Crippen molar-refractivity contribution in [1.82, 2.24) is 9.78 Å². The molecule has 2 rings (SSSR count). The van der Waals surface area contributed by atoms with Crippen LogP contribution >= 0.6 is 15.9 Å². The van der Waals surface area contributed by atoms with Gasteiger partial charge in [-0.1, -0.05) is 12.1 Å². The van der Waals surface area contributed by atoms with Crippen molar-refractivity contribution in [3.05, 3.63) is 46.7 Å². The Morgan fingerprint density at radius 3 is 2.70 bits per heavy atom. The summed E-state index contributed by atoms with van der Waals surface area (Å²) in [7, 11) is 0. The molecule has 3 N–H and O–H groups in total. The number of carbonyl (C=O) groups excluding carboxylic acids is 1. The number of hydrogen-bond acceptors (Lipinski definition) is 3. The van der Waals surface area contributed by atoms with Crippen LogP contribution in [0.3, 0.4) is 0 Å². The van der Waals surface area contributed by atoms with Crippen molar-refractivity contribution in [2.45, 2.75) is 25.9 Å². The fraction of sp³-hybridized carbons (Fsp3) is 0.286. The number of nitrogens with zero attached hydrogens (tertiary/aromatic N) is 2. The Hall–Kier alpha value is -1.66. The summed E-state index contributed by atoms with van der Waals surface area (Å²) in [5, 5.41) is 6.96. The Morgan fingerprint density at radius 2 is 2.15 bits per heavy atom. The molecule has 2 aromatic rings. The Morgan fingerprint density at radius 1 is 1.45 bits per heavy atom. The molecule has 20 heavy (non-hydrogen) atoms. The van der Waals surface area contributed by atoms with Gasteiger partial charge >= 0.3 is 0 Å². The van der Waals surface area contributed by atoms with E-state index < -0.39 is 6.04 Å². The first kappa shape index (κ1) is 14.7. The molecule has 0 radical (unpaired) electrons. The number of amides is 1. The second-order valence-corrected chi connectivity index (χ2v) is 5.56. The maximum absolute atomic E-state index is 11.5. The minimum atomic E-state index is -0.507. The number of aryl methyl sites for hydroxylation is 2. The molecular weight excluding hydrogens is 320 g/mol. The number of carbonyl (C=O) groups is 1. The second kappa shape index (κ2) is 6.67. The van der Waals surface area contributed by atoms with Gasteiger partial charge in [0, 0.05) is 18.4 Å². The van der Waals surface area contributed by atoms with E-state index in [2.05, 4.69) is 26.3 Å². The summed E-state index contributed by atoms with van der Waals surface area (Å²) in [6.07, 6.45) is 4.60. The highest BCUT2D eigenvalue weighted by atomic mass is 79.9. The zero-order chi connectivity index (χ0) is 14.5. The van der Waals surface area contributed by atoms with Crippen molar-refractivity contribution in [1.29, 1.82) is 0 Å². The highest BCUT2D eigenvalue weighted by Gasteiger charge is 2.07. The molecule has 0 spiro atoms. The van der Waals surface area contributed by atoms with Crippen LogP contribution in [0.4, 0.5) is 5.69 Å². The molecule has 106 valence electrons. The summed E-state index contributed by atoms with van der Waals surface area (Å²) in [5.74, 6) is -0.181. The minimum Gasteiger partial charge on any atom is -0.325 e. The van der Waals surface area contributed by atoms with Gasteiger partial charge in [0.1, 0.15) is 0 Å². The Kier molecular flexibility index (Phi) is 4.92. The summed E-state index contributed by atoms with van der Waals surface area (Å²) >= 11 is 3.37. The predicted octanol–water partition coefficient (Wildman–Crippen LogP) is 2.17. The molecule has 0 bridgehead atoms. The fourth-order valence-corrected chi connectivity index (χ4v) is 2.04. The first-order valence-electron chi connectivity index (χ1n) is 6.38. The van der Waals surface area contributed by atoms with Gasteiger partial charge in [0.25, 0.3) is 0 Å². The molecule has 6 heteroatoms. The van der Waals surface area contributed by atoms with Crippen LogP contribution in [-0.2, 0) is 17.8 Å². The third kappa shape index (κ3) is 4.18. The minimum absolute atomic E-state index is 0.181. The van der Waals surface area contributed by atoms with Crippen molar-refractivity contribution in [3.63, 3.8) is 0 Å². The summed E-state index contributed by atoms with van der Waals surface area (Å²) < 4.78 is 2.86. The highest BCUT2D eigenvalue weighted by molar-refractivity contribution is 9.10. The largest absolute Gasteiger partial charge is 0.325 e. The van der Waals surface area contributed by atoms with Crippen LogP contribution in [0.5, 0.6) is 0 Å². The van der Waals surface area contributed by atoms with E-state index in [0.29, 0.717) is 0 Å². The maximum Gasteiger partial charge on any atom is 0.240 e. The highest BCUT2D eigenvalue weighted by Crippen LogP contribution is 2.12. The third-order valence-corrected chi connectivity index (χ3v) is 3.28. The van der Waals surface area contributed by atoms with Crippen LogP contribution in [-0.4, -0.2) is 21.7 Å². The van der Waals surface area contributed by atoms with Crippen LogP contribution in [0.15, 0.2) is 41.1 Å². The Balaban J connectivity index is 1.89. The van der Waals surface area contributed by atoms with Crippen LogP contribution in [0, 0.1) is 0 Å². The number of benzene rings is 1. The van der Waals surface area contributed by atoms with E-state index in [4.69, 9.17) is 5.73 Å². The first-order chi connectivity index (χ1) is 9.54. The van der Waals surface area contributed by atoms with Gasteiger partial charge in [0.15, 0.2) is 0 Å². The van der Waals surface area contributed by atoms with Gasteiger partial charge in [-0.2, -0.15) is 5.10 Å². The topological polar surface area (TPSA) is 72.9 Å². The van der Waals surface area contributed by atoms with Crippen molar-refractivity contribution >= 4 is 27.5 Å². The van der Waals surface area contributed by atoms with Crippen LogP contribution in [0.1, 0.15) is 12.5 Å². The average Bonchev–Trinajstić information content (AvgIpc) is 2.83. The smallest absolute Gasteiger partial charge is 0.240 e. The van der Waals surface area contributed by atoms with Gasteiger partial charge < -0.3 is 11.1 Å². The molecule has 1 atom stereocenters. The molecule has 0 saturated heterocycles. The lowest BCUT2D eigenvalue weighted by Gasteiger charge is -2.08. The van der Waals surface area contributed by atoms with Gasteiger partial charge in [-0.3, -0.25) is 9.48 Å². The molecule has 0 fully saturated rings. The van der Waals surface area contributed by atoms with E-state index in [0.717, 1.165) is 23.1 Å². The van der Waals surface area contributed by atoms with Crippen LogP contribution < -0.4 is 11.1 Å². The summed E-state index contributed by atoms with van der Waals surface area (Å²) in [4.78, 5) is 11.5. The average molecular weight is 337 g/mol. The van der Waals surface area contributed by atoms with Gasteiger partial charge in [-0.15, -0.1) is 0 Å². The molecule has 1 aromatic heterocycles. The molecule has 1 amide bonds. The monoisotopic (exact) mass is 336 g/mol. The van der Waals surface area contributed by atoms with Gasteiger partial charge in [0.2, 0.25) is 5.91 Å². The summed E-state index contributed by atoms with van der Waals surface area (Å²) in [6, 6.07) is 7.25. The summed E-state index contributed by atoms with van der Waals surface area (Å²) in [6.45, 7) is 2.48. The lowest BCUT2D eigenvalue weighted by Crippen LogP contribution is -2.32. The van der Waals surface area contributed by atoms with Gasteiger partial charge in [-0.05, 0) is 47.0 Å². The molecular formula is C14H17BrN4O. The van der Waals surface area contributed by atoms with Gasteiger partial charge in [-0.25, -0.2) is 0 Å². The Labute approximate surface area is 126 Å². The summed E-state index contributed by atoms with van der Waals surface area (Å²) in [5.41, 5.74) is 7.45. The molecule has 1 aromatic carbocycles.